The first kappa shape index (κ1) is 17.6. The van der Waals surface area contributed by atoms with E-state index in [1.165, 1.54) is 31.4 Å². The first-order chi connectivity index (χ1) is 12.5. The summed E-state index contributed by atoms with van der Waals surface area (Å²) in [6.07, 6.45) is 0. The Morgan fingerprint density at radius 2 is 1.96 bits per heavy atom. The summed E-state index contributed by atoms with van der Waals surface area (Å²) in [4.78, 5) is 12.4. The summed E-state index contributed by atoms with van der Waals surface area (Å²) >= 11 is 5.87. The summed E-state index contributed by atoms with van der Waals surface area (Å²) in [6, 6.07) is 11.0. The maximum absolute atomic E-state index is 12.4. The average molecular weight is 375 g/mol. The highest BCUT2D eigenvalue weighted by Crippen LogP contribution is 2.34. The van der Waals surface area contributed by atoms with Gasteiger partial charge in [-0.25, -0.2) is 0 Å². The molecule has 0 aliphatic rings. The van der Waals surface area contributed by atoms with Crippen molar-refractivity contribution in [2.45, 2.75) is 0 Å². The zero-order valence-electron chi connectivity index (χ0n) is 13.9. The number of phenols is 1. The largest absolute Gasteiger partial charge is 0.506 e. The number of amides is 1. The molecule has 0 bridgehead atoms. The molecule has 3 rings (SSSR count). The van der Waals surface area contributed by atoms with Crippen LogP contribution in [0.15, 0.2) is 47.0 Å². The Kier molecular flexibility index (Phi) is 4.99. The number of aromatic hydroxyl groups is 1. The second kappa shape index (κ2) is 7.37. The Labute approximate surface area is 154 Å². The number of aromatic nitrogens is 1. The third-order valence-electron chi connectivity index (χ3n) is 3.62. The van der Waals surface area contributed by atoms with Gasteiger partial charge in [0.1, 0.15) is 17.2 Å². The number of halogens is 1. The predicted molar refractivity (Wildman–Crippen MR) is 96.1 cm³/mol. The van der Waals surface area contributed by atoms with E-state index in [2.05, 4.69) is 10.5 Å². The Bertz CT molecular complexity index is 955. The molecular weight excluding hydrogens is 360 g/mol. The van der Waals surface area contributed by atoms with Crippen molar-refractivity contribution in [2.24, 2.45) is 0 Å². The van der Waals surface area contributed by atoms with Crippen molar-refractivity contribution in [2.75, 3.05) is 19.5 Å². The van der Waals surface area contributed by atoms with Crippen molar-refractivity contribution in [1.29, 1.82) is 0 Å². The molecule has 0 saturated heterocycles. The lowest BCUT2D eigenvalue weighted by Gasteiger charge is -2.07. The molecule has 7 nitrogen and oxygen atoms in total. The van der Waals surface area contributed by atoms with E-state index < -0.39 is 5.91 Å². The number of ether oxygens (including phenoxy) is 2. The van der Waals surface area contributed by atoms with Crippen molar-refractivity contribution in [3.05, 3.63) is 53.2 Å². The van der Waals surface area contributed by atoms with Crippen LogP contribution >= 0.6 is 11.6 Å². The molecule has 1 aromatic heterocycles. The molecule has 3 aromatic rings. The molecule has 0 aliphatic heterocycles. The van der Waals surface area contributed by atoms with Crippen molar-refractivity contribution in [3.63, 3.8) is 0 Å². The van der Waals surface area contributed by atoms with Crippen molar-refractivity contribution < 1.29 is 23.9 Å². The molecule has 0 aliphatic carbocycles. The van der Waals surface area contributed by atoms with E-state index in [4.69, 9.17) is 25.6 Å². The predicted octanol–water partition coefficient (Wildman–Crippen LogP) is 3.97. The molecule has 1 heterocycles. The Balaban J connectivity index is 1.88. The molecule has 0 unspecified atom stereocenters. The van der Waals surface area contributed by atoms with Gasteiger partial charge in [-0.3, -0.25) is 4.79 Å². The van der Waals surface area contributed by atoms with Gasteiger partial charge in [-0.15, -0.1) is 0 Å². The number of nitrogens with one attached hydrogen (secondary N) is 1. The number of rotatable bonds is 5. The van der Waals surface area contributed by atoms with Crippen LogP contribution in [0.2, 0.25) is 5.02 Å². The van der Waals surface area contributed by atoms with Crippen LogP contribution in [0, 0.1) is 0 Å². The van der Waals surface area contributed by atoms with Crippen molar-refractivity contribution in [3.8, 4) is 28.6 Å². The van der Waals surface area contributed by atoms with Gasteiger partial charge >= 0.3 is 0 Å². The fourth-order valence-electron chi connectivity index (χ4n) is 2.31. The molecule has 8 heteroatoms. The molecule has 26 heavy (non-hydrogen) atoms. The van der Waals surface area contributed by atoms with Crippen LogP contribution in [-0.2, 0) is 0 Å². The van der Waals surface area contributed by atoms with Gasteiger partial charge in [0.25, 0.3) is 5.91 Å². The smallest absolute Gasteiger partial charge is 0.277 e. The van der Waals surface area contributed by atoms with Gasteiger partial charge in [-0.2, -0.15) is 0 Å². The van der Waals surface area contributed by atoms with Crippen LogP contribution in [0.5, 0.6) is 17.2 Å². The molecule has 2 N–H and O–H groups in total. The van der Waals surface area contributed by atoms with Crippen molar-refractivity contribution >= 4 is 23.2 Å². The van der Waals surface area contributed by atoms with Gasteiger partial charge in [0.2, 0.25) is 0 Å². The van der Waals surface area contributed by atoms with Gasteiger partial charge in [0.15, 0.2) is 11.5 Å². The molecule has 134 valence electrons. The molecule has 0 atom stereocenters. The first-order valence-electron chi connectivity index (χ1n) is 7.51. The number of carbonyl (C=O) groups is 1. The summed E-state index contributed by atoms with van der Waals surface area (Å²) in [7, 11) is 3.07. The van der Waals surface area contributed by atoms with E-state index in [-0.39, 0.29) is 17.1 Å². The quantitative estimate of drug-likeness (QED) is 0.656. The van der Waals surface area contributed by atoms with Crippen molar-refractivity contribution in [1.82, 2.24) is 5.16 Å². The third kappa shape index (κ3) is 3.57. The first-order valence-corrected chi connectivity index (χ1v) is 7.88. The molecule has 0 saturated carbocycles. The fraction of sp³-hybridized carbons (Fsp3) is 0.111. The second-order valence-corrected chi connectivity index (χ2v) is 5.69. The zero-order chi connectivity index (χ0) is 18.7. The molecule has 0 radical (unpaired) electrons. The minimum absolute atomic E-state index is 0.0317. The van der Waals surface area contributed by atoms with Gasteiger partial charge in [0.05, 0.1) is 25.5 Å². The number of phenolic OH excluding ortho intramolecular Hbond substituents is 1. The number of hydrogen-bond acceptors (Lipinski definition) is 6. The highest BCUT2D eigenvalue weighted by atomic mass is 35.5. The summed E-state index contributed by atoms with van der Waals surface area (Å²) in [5.41, 5.74) is 0.791. The van der Waals surface area contributed by atoms with E-state index in [9.17, 15) is 9.90 Å². The number of carbonyl (C=O) groups excluding carboxylic acids is 1. The lowest BCUT2D eigenvalue weighted by atomic mass is 10.1. The molecule has 1 amide bonds. The minimum Gasteiger partial charge on any atom is -0.506 e. The SMILES string of the molecule is COc1ccc(OC)c(-c2cc(C(=O)Nc3cc(Cl)ccc3O)no2)c1. The van der Waals surface area contributed by atoms with E-state index >= 15 is 0 Å². The van der Waals surface area contributed by atoms with E-state index in [0.717, 1.165) is 0 Å². The third-order valence-corrected chi connectivity index (χ3v) is 3.86. The lowest BCUT2D eigenvalue weighted by Crippen LogP contribution is -2.12. The van der Waals surface area contributed by atoms with Crippen LogP contribution < -0.4 is 14.8 Å². The minimum atomic E-state index is -0.556. The van der Waals surface area contributed by atoms with Gasteiger partial charge in [-0.05, 0) is 36.4 Å². The standard InChI is InChI=1S/C18H15ClN2O5/c1-24-11-4-6-16(25-2)12(8-11)17-9-14(21-26-17)18(23)20-13-7-10(19)3-5-15(13)22/h3-9,22H,1-2H3,(H,20,23). The number of hydrogen-bond donors (Lipinski definition) is 2. The monoisotopic (exact) mass is 374 g/mol. The molecule has 2 aromatic carbocycles. The van der Waals surface area contributed by atoms with Crippen LogP contribution in [0.4, 0.5) is 5.69 Å². The molecule has 0 fully saturated rings. The van der Waals surface area contributed by atoms with Gasteiger partial charge in [0, 0.05) is 11.1 Å². The Morgan fingerprint density at radius 1 is 1.15 bits per heavy atom. The van der Waals surface area contributed by atoms with Gasteiger partial charge in [-0.1, -0.05) is 16.8 Å². The van der Waals surface area contributed by atoms with Crippen LogP contribution in [0.1, 0.15) is 10.5 Å². The number of benzene rings is 2. The van der Waals surface area contributed by atoms with E-state index in [1.807, 2.05) is 0 Å². The summed E-state index contributed by atoms with van der Waals surface area (Å²) < 4.78 is 15.8. The van der Waals surface area contributed by atoms with Gasteiger partial charge < -0.3 is 24.4 Å². The van der Waals surface area contributed by atoms with Crippen LogP contribution in [-0.4, -0.2) is 30.4 Å². The van der Waals surface area contributed by atoms with Crippen LogP contribution in [0.3, 0.4) is 0 Å². The second-order valence-electron chi connectivity index (χ2n) is 5.26. The van der Waals surface area contributed by atoms with E-state index in [0.29, 0.717) is 27.8 Å². The maximum Gasteiger partial charge on any atom is 0.277 e. The Hall–Kier alpha value is -3.19. The summed E-state index contributed by atoms with van der Waals surface area (Å²) in [5, 5.41) is 16.5. The van der Waals surface area contributed by atoms with E-state index in [1.54, 1.807) is 25.3 Å². The molecular formula is C18H15ClN2O5. The maximum atomic E-state index is 12.4. The number of methoxy groups -OCH3 is 2. The highest BCUT2D eigenvalue weighted by molar-refractivity contribution is 6.31. The normalized spacial score (nSPS) is 10.4. The average Bonchev–Trinajstić information content (AvgIpc) is 3.14. The highest BCUT2D eigenvalue weighted by Gasteiger charge is 2.18. The lowest BCUT2D eigenvalue weighted by molar-refractivity contribution is 0.101. The topological polar surface area (TPSA) is 93.8 Å². The summed E-state index contributed by atoms with van der Waals surface area (Å²) in [5.74, 6) is 0.815. The summed E-state index contributed by atoms with van der Waals surface area (Å²) in [6.45, 7) is 0. The Morgan fingerprint density at radius 3 is 2.69 bits per heavy atom. The number of anilines is 1. The fourth-order valence-corrected chi connectivity index (χ4v) is 2.48. The number of nitrogens with zero attached hydrogens (tertiary/aromatic N) is 1. The zero-order valence-corrected chi connectivity index (χ0v) is 14.7. The molecule has 0 spiro atoms. The van der Waals surface area contributed by atoms with Crippen LogP contribution in [0.25, 0.3) is 11.3 Å².